The molecule has 1 atom stereocenters. The Kier molecular flexibility index (Phi) is 7.74. The predicted octanol–water partition coefficient (Wildman–Crippen LogP) is 2.24. The smallest absolute Gasteiger partial charge is 0.307 e. The Hall–Kier alpha value is -2.91. The molecular formula is C20H24N2O6S. The van der Waals surface area contributed by atoms with Crippen molar-refractivity contribution in [3.8, 4) is 5.75 Å². The summed E-state index contributed by atoms with van der Waals surface area (Å²) in [6.07, 6.45) is -1.22. The van der Waals surface area contributed by atoms with Crippen LogP contribution in [0.1, 0.15) is 18.9 Å². The van der Waals surface area contributed by atoms with Crippen molar-refractivity contribution in [3.05, 3.63) is 54.1 Å². The van der Waals surface area contributed by atoms with Gasteiger partial charge in [-0.3, -0.25) is 9.59 Å². The zero-order chi connectivity index (χ0) is 21.4. The molecule has 8 nitrogen and oxygen atoms in total. The van der Waals surface area contributed by atoms with Gasteiger partial charge in [-0.2, -0.15) is 0 Å². The molecule has 2 aromatic carbocycles. The lowest BCUT2D eigenvalue weighted by Gasteiger charge is -2.14. The maximum atomic E-state index is 12.2. The Labute approximate surface area is 170 Å². The van der Waals surface area contributed by atoms with Crippen molar-refractivity contribution >= 4 is 27.6 Å². The average molecular weight is 420 g/mol. The third kappa shape index (κ3) is 6.88. The van der Waals surface area contributed by atoms with Crippen molar-refractivity contribution in [1.29, 1.82) is 0 Å². The molecule has 9 heteroatoms. The summed E-state index contributed by atoms with van der Waals surface area (Å²) in [7, 11) is -2.28. The van der Waals surface area contributed by atoms with Gasteiger partial charge in [-0.05, 0) is 50.2 Å². The summed E-state index contributed by atoms with van der Waals surface area (Å²) < 4.78 is 36.8. The van der Waals surface area contributed by atoms with Gasteiger partial charge in [0.15, 0.2) is 6.10 Å². The zero-order valence-corrected chi connectivity index (χ0v) is 17.3. The molecule has 0 aliphatic rings. The van der Waals surface area contributed by atoms with Crippen LogP contribution in [0.2, 0.25) is 0 Å². The molecule has 0 bridgehead atoms. The third-order valence-corrected chi connectivity index (χ3v) is 5.46. The topological polar surface area (TPSA) is 111 Å². The van der Waals surface area contributed by atoms with E-state index >= 15 is 0 Å². The standard InChI is InChI=1S/C20H24N2O6S/c1-14-4-6-16(7-5-14)22-20(24)15(2)28-19(23)12-13-21-29(25,26)18-10-8-17(27-3)9-11-18/h4-11,15,21H,12-13H2,1-3H3,(H,22,24). The van der Waals surface area contributed by atoms with Gasteiger partial charge in [-0.1, -0.05) is 17.7 Å². The molecule has 2 rings (SSSR count). The zero-order valence-electron chi connectivity index (χ0n) is 16.5. The number of carbonyl (C=O) groups excluding carboxylic acids is 2. The van der Waals surface area contributed by atoms with Gasteiger partial charge in [0, 0.05) is 12.2 Å². The molecule has 0 aliphatic carbocycles. The van der Waals surface area contributed by atoms with Crippen LogP contribution in [-0.4, -0.2) is 40.1 Å². The number of hydrogen-bond acceptors (Lipinski definition) is 6. The Morgan fingerprint density at radius 3 is 2.24 bits per heavy atom. The van der Waals surface area contributed by atoms with Crippen LogP contribution in [0, 0.1) is 6.92 Å². The van der Waals surface area contributed by atoms with Gasteiger partial charge in [0.1, 0.15) is 5.75 Å². The number of benzene rings is 2. The van der Waals surface area contributed by atoms with Crippen LogP contribution < -0.4 is 14.8 Å². The van der Waals surface area contributed by atoms with Crippen molar-refractivity contribution in [1.82, 2.24) is 4.72 Å². The van der Waals surface area contributed by atoms with Gasteiger partial charge in [0.05, 0.1) is 18.4 Å². The summed E-state index contributed by atoms with van der Waals surface area (Å²) in [4.78, 5) is 24.1. The van der Waals surface area contributed by atoms with Crippen molar-refractivity contribution in [2.75, 3.05) is 19.0 Å². The number of ether oxygens (including phenoxy) is 2. The van der Waals surface area contributed by atoms with E-state index < -0.39 is 28.0 Å². The van der Waals surface area contributed by atoms with Crippen LogP contribution in [-0.2, 0) is 24.3 Å². The fourth-order valence-electron chi connectivity index (χ4n) is 2.32. The van der Waals surface area contributed by atoms with Gasteiger partial charge in [-0.25, -0.2) is 13.1 Å². The Morgan fingerprint density at radius 1 is 1.03 bits per heavy atom. The minimum Gasteiger partial charge on any atom is -0.497 e. The van der Waals surface area contributed by atoms with E-state index in [1.807, 2.05) is 19.1 Å². The van der Waals surface area contributed by atoms with E-state index in [0.29, 0.717) is 11.4 Å². The normalized spacial score (nSPS) is 12.1. The lowest BCUT2D eigenvalue weighted by atomic mass is 10.2. The molecular weight excluding hydrogens is 396 g/mol. The quantitative estimate of drug-likeness (QED) is 0.602. The highest BCUT2D eigenvalue weighted by Gasteiger charge is 2.19. The number of esters is 1. The number of nitrogens with one attached hydrogen (secondary N) is 2. The third-order valence-electron chi connectivity index (χ3n) is 3.99. The van der Waals surface area contributed by atoms with E-state index in [1.165, 1.54) is 38.3 Å². The minimum absolute atomic E-state index is 0.0533. The number of amides is 1. The monoisotopic (exact) mass is 420 g/mol. The summed E-state index contributed by atoms with van der Waals surface area (Å²) in [6.45, 7) is 3.22. The molecule has 29 heavy (non-hydrogen) atoms. The number of sulfonamides is 1. The molecule has 156 valence electrons. The summed E-state index contributed by atoms with van der Waals surface area (Å²) >= 11 is 0. The van der Waals surface area contributed by atoms with E-state index in [0.717, 1.165) is 5.56 Å². The second kappa shape index (κ2) is 10.0. The fourth-order valence-corrected chi connectivity index (χ4v) is 3.35. The molecule has 0 fully saturated rings. The Bertz CT molecular complexity index is 940. The van der Waals surface area contributed by atoms with Gasteiger partial charge >= 0.3 is 5.97 Å². The van der Waals surface area contributed by atoms with Crippen LogP contribution in [0.15, 0.2) is 53.4 Å². The summed E-state index contributed by atoms with van der Waals surface area (Å²) in [5, 5.41) is 2.65. The molecule has 0 heterocycles. The first kappa shape index (κ1) is 22.4. The molecule has 2 N–H and O–H groups in total. The van der Waals surface area contributed by atoms with Gasteiger partial charge < -0.3 is 14.8 Å². The maximum absolute atomic E-state index is 12.2. The number of carbonyl (C=O) groups is 2. The number of anilines is 1. The van der Waals surface area contributed by atoms with E-state index in [2.05, 4.69) is 10.0 Å². The SMILES string of the molecule is COc1ccc(S(=O)(=O)NCCC(=O)OC(C)C(=O)Nc2ccc(C)cc2)cc1. The summed E-state index contributed by atoms with van der Waals surface area (Å²) in [5.41, 5.74) is 1.65. The van der Waals surface area contributed by atoms with E-state index in [4.69, 9.17) is 9.47 Å². The Morgan fingerprint density at radius 2 is 1.66 bits per heavy atom. The van der Waals surface area contributed by atoms with Crippen LogP contribution >= 0.6 is 0 Å². The Balaban J connectivity index is 1.79. The molecule has 0 radical (unpaired) electrons. The van der Waals surface area contributed by atoms with Crippen molar-refractivity contribution < 1.29 is 27.5 Å². The van der Waals surface area contributed by atoms with E-state index in [9.17, 15) is 18.0 Å². The van der Waals surface area contributed by atoms with Crippen LogP contribution in [0.25, 0.3) is 0 Å². The second-order valence-corrected chi connectivity index (χ2v) is 8.08. The number of rotatable bonds is 9. The average Bonchev–Trinajstić information content (AvgIpc) is 2.69. The first-order valence-electron chi connectivity index (χ1n) is 8.92. The maximum Gasteiger partial charge on any atom is 0.307 e. The molecule has 1 unspecified atom stereocenters. The molecule has 0 saturated heterocycles. The molecule has 0 aromatic heterocycles. The lowest BCUT2D eigenvalue weighted by Crippen LogP contribution is -2.32. The van der Waals surface area contributed by atoms with Crippen LogP contribution in [0.3, 0.4) is 0 Å². The van der Waals surface area contributed by atoms with Crippen LogP contribution in [0.4, 0.5) is 5.69 Å². The molecule has 0 aliphatic heterocycles. The first-order chi connectivity index (χ1) is 13.7. The number of aryl methyl sites for hydroxylation is 1. The van der Waals surface area contributed by atoms with Crippen molar-refractivity contribution in [3.63, 3.8) is 0 Å². The first-order valence-corrected chi connectivity index (χ1v) is 10.4. The van der Waals surface area contributed by atoms with Gasteiger partial charge in [-0.15, -0.1) is 0 Å². The largest absolute Gasteiger partial charge is 0.497 e. The predicted molar refractivity (Wildman–Crippen MR) is 108 cm³/mol. The van der Waals surface area contributed by atoms with Gasteiger partial charge in [0.2, 0.25) is 10.0 Å². The summed E-state index contributed by atoms with van der Waals surface area (Å²) in [5.74, 6) is -0.625. The number of hydrogen-bond donors (Lipinski definition) is 2. The van der Waals surface area contributed by atoms with E-state index in [-0.39, 0.29) is 17.9 Å². The van der Waals surface area contributed by atoms with Crippen LogP contribution in [0.5, 0.6) is 5.75 Å². The highest BCUT2D eigenvalue weighted by atomic mass is 32.2. The number of methoxy groups -OCH3 is 1. The van der Waals surface area contributed by atoms with Gasteiger partial charge in [0.25, 0.3) is 5.91 Å². The minimum atomic E-state index is -3.76. The molecule has 0 spiro atoms. The fraction of sp³-hybridized carbons (Fsp3) is 0.300. The molecule has 2 aromatic rings. The van der Waals surface area contributed by atoms with Crippen molar-refractivity contribution in [2.45, 2.75) is 31.3 Å². The highest BCUT2D eigenvalue weighted by molar-refractivity contribution is 7.89. The second-order valence-electron chi connectivity index (χ2n) is 6.31. The molecule has 0 saturated carbocycles. The van der Waals surface area contributed by atoms with E-state index in [1.54, 1.807) is 12.1 Å². The molecule has 1 amide bonds. The van der Waals surface area contributed by atoms with Crippen molar-refractivity contribution in [2.24, 2.45) is 0 Å². The highest BCUT2D eigenvalue weighted by Crippen LogP contribution is 2.15. The summed E-state index contributed by atoms with van der Waals surface area (Å²) in [6, 6.07) is 13.0. The lowest BCUT2D eigenvalue weighted by molar-refractivity contribution is -0.152.